The van der Waals surface area contributed by atoms with Gasteiger partial charge >= 0.3 is 0 Å². The third kappa shape index (κ3) is 2.75. The molecule has 3 unspecified atom stereocenters. The first-order valence-corrected chi connectivity index (χ1v) is 17.2. The number of halogens is 2. The van der Waals surface area contributed by atoms with E-state index in [-0.39, 0.29) is 11.3 Å². The minimum atomic E-state index is -0.430. The van der Waals surface area contributed by atoms with E-state index in [0.717, 1.165) is 9.80 Å². The summed E-state index contributed by atoms with van der Waals surface area (Å²) in [6.07, 6.45) is 2.64. The van der Waals surface area contributed by atoms with E-state index < -0.39 is 5.41 Å². The fourth-order valence-electron chi connectivity index (χ4n) is 9.62. The molecule has 2 aliphatic carbocycles. The Bertz CT molecular complexity index is 2430. The van der Waals surface area contributed by atoms with E-state index in [0.29, 0.717) is 0 Å². The van der Waals surface area contributed by atoms with Gasteiger partial charge < -0.3 is 4.57 Å². The van der Waals surface area contributed by atoms with Crippen LogP contribution in [0.4, 0.5) is 0 Å². The Labute approximate surface area is 273 Å². The monoisotopic (exact) mass is 691 g/mol. The zero-order valence-corrected chi connectivity index (χ0v) is 27.3. The molecule has 3 heteroatoms. The van der Waals surface area contributed by atoms with Crippen LogP contribution in [0.2, 0.25) is 0 Å². The number of hydrogen-bond acceptors (Lipinski definition) is 0. The third-order valence-corrected chi connectivity index (χ3v) is 12.3. The molecule has 210 valence electrons. The lowest BCUT2D eigenvalue weighted by Crippen LogP contribution is -2.47. The average Bonchev–Trinajstić information content (AvgIpc) is 3.52. The van der Waals surface area contributed by atoms with Crippen LogP contribution in [0.1, 0.15) is 46.2 Å². The van der Waals surface area contributed by atoms with Crippen molar-refractivity contribution in [3.8, 4) is 5.69 Å². The smallest absolute Gasteiger partial charge is 0.0593 e. The van der Waals surface area contributed by atoms with Crippen LogP contribution in [-0.4, -0.2) is 9.90 Å². The van der Waals surface area contributed by atoms with Crippen LogP contribution in [0.5, 0.6) is 0 Å². The Hall–Kier alpha value is -3.92. The maximum Gasteiger partial charge on any atom is 0.0593 e. The van der Waals surface area contributed by atoms with E-state index in [4.69, 9.17) is 0 Å². The predicted molar refractivity (Wildman–Crippen MR) is 190 cm³/mol. The van der Waals surface area contributed by atoms with Gasteiger partial charge in [-0.15, -0.1) is 0 Å². The largest absolute Gasteiger partial charge is 0.309 e. The van der Waals surface area contributed by atoms with Crippen molar-refractivity contribution < 1.29 is 0 Å². The Morgan fingerprint density at radius 1 is 0.682 bits per heavy atom. The highest BCUT2D eigenvalue weighted by Crippen LogP contribution is 2.72. The zero-order valence-electron chi connectivity index (χ0n) is 24.1. The molecule has 1 nitrogen and oxygen atoms in total. The van der Waals surface area contributed by atoms with Gasteiger partial charge in [0.15, 0.2) is 0 Å². The molecule has 0 N–H and O–H groups in total. The van der Waals surface area contributed by atoms with Gasteiger partial charge in [0.05, 0.1) is 22.1 Å². The minimum Gasteiger partial charge on any atom is -0.309 e. The van der Waals surface area contributed by atoms with Gasteiger partial charge in [0, 0.05) is 31.9 Å². The van der Waals surface area contributed by atoms with Crippen LogP contribution in [0.3, 0.4) is 0 Å². The lowest BCUT2D eigenvalue weighted by atomic mass is 9.51. The number of hydrogen-bond donors (Lipinski definition) is 0. The molecule has 3 aliphatic rings. The third-order valence-electron chi connectivity index (χ3n) is 11.0. The molecule has 6 aromatic carbocycles. The van der Waals surface area contributed by atoms with Crippen LogP contribution in [0, 0.1) is 5.41 Å². The second-order valence-corrected chi connectivity index (χ2v) is 14.2. The summed E-state index contributed by atoms with van der Waals surface area (Å²) in [4.78, 5) is 0. The molecular weight excluding hydrogens is 666 g/mol. The highest BCUT2D eigenvalue weighted by Gasteiger charge is 2.65. The van der Waals surface area contributed by atoms with Crippen molar-refractivity contribution in [1.29, 1.82) is 0 Å². The molecule has 1 aliphatic heterocycles. The highest BCUT2D eigenvalue weighted by molar-refractivity contribution is 9.10. The fourth-order valence-corrected chi connectivity index (χ4v) is 10.7. The summed E-state index contributed by atoms with van der Waals surface area (Å²) in [7, 11) is 0. The summed E-state index contributed by atoms with van der Waals surface area (Å²) < 4.78 is 3.70. The SMILES string of the molecule is CC12C=C(CBr)c3ccccc3C1c1c(cc(Br)c3ccccc13)C21c2ccccc2-n2c3ccccc3c3cccc1c32. The maximum absolute atomic E-state index is 4.08. The summed E-state index contributed by atoms with van der Waals surface area (Å²) in [5, 5.41) is 6.05. The first kappa shape index (κ1) is 25.4. The van der Waals surface area contributed by atoms with E-state index in [1.807, 2.05) is 0 Å². The van der Waals surface area contributed by atoms with Crippen LogP contribution < -0.4 is 0 Å². The molecule has 0 bridgehead atoms. The number of alkyl halides is 1. The number of nitrogens with zero attached hydrogens (tertiary/aromatic N) is 1. The van der Waals surface area contributed by atoms with Crippen molar-refractivity contribution in [2.24, 2.45) is 5.41 Å². The first-order chi connectivity index (χ1) is 21.6. The molecule has 0 saturated heterocycles. The number of para-hydroxylation sites is 3. The lowest BCUT2D eigenvalue weighted by Gasteiger charge is -2.51. The van der Waals surface area contributed by atoms with E-state index >= 15 is 0 Å². The molecule has 1 aromatic heterocycles. The molecular formula is C41H27Br2N. The molecule has 3 atom stereocenters. The number of allylic oxidation sites excluding steroid dienone is 2. The quantitative estimate of drug-likeness (QED) is 0.151. The Balaban J connectivity index is 1.50. The van der Waals surface area contributed by atoms with Crippen molar-refractivity contribution in [3.63, 3.8) is 0 Å². The summed E-state index contributed by atoms with van der Waals surface area (Å²) in [5.41, 5.74) is 12.9. The average molecular weight is 693 g/mol. The van der Waals surface area contributed by atoms with Gasteiger partial charge in [-0.25, -0.2) is 0 Å². The highest BCUT2D eigenvalue weighted by atomic mass is 79.9. The van der Waals surface area contributed by atoms with Gasteiger partial charge in [-0.3, -0.25) is 0 Å². The Morgan fingerprint density at radius 3 is 2.23 bits per heavy atom. The van der Waals surface area contributed by atoms with Crippen molar-refractivity contribution >= 4 is 70.0 Å². The normalized spacial score (nSPS) is 22.6. The standard InChI is InChI=1S/C41H27Br2N/c1-40-22-24(23-42)25-11-2-5-15-29(25)38(40)37-28-14-4-3-12-26(28)34(43)21-33(37)41(40)31-17-7-9-20-36(31)44-35-19-8-6-13-27(35)30-16-10-18-32(41)39(30)44/h2-22,38H,23H2,1H3. The van der Waals surface area contributed by atoms with Crippen LogP contribution in [-0.2, 0) is 5.41 Å². The van der Waals surface area contributed by atoms with Crippen molar-refractivity contribution in [3.05, 3.63) is 165 Å². The molecule has 1 spiro atoms. The molecule has 10 rings (SSSR count). The van der Waals surface area contributed by atoms with Crippen molar-refractivity contribution in [1.82, 2.24) is 4.57 Å². The Kier molecular flexibility index (Phi) is 4.98. The molecule has 44 heavy (non-hydrogen) atoms. The number of benzene rings is 6. The maximum atomic E-state index is 4.08. The number of aromatic nitrogens is 1. The molecule has 0 fully saturated rings. The van der Waals surface area contributed by atoms with Gasteiger partial charge in [0.2, 0.25) is 0 Å². The van der Waals surface area contributed by atoms with E-state index in [9.17, 15) is 0 Å². The summed E-state index contributed by atoms with van der Waals surface area (Å²) in [5.74, 6) is 0.175. The minimum absolute atomic E-state index is 0.175. The fraction of sp³-hybridized carbons (Fsp3) is 0.122. The van der Waals surface area contributed by atoms with Crippen LogP contribution in [0.25, 0.3) is 43.8 Å². The summed E-state index contributed by atoms with van der Waals surface area (Å²) >= 11 is 8.01. The second-order valence-electron chi connectivity index (χ2n) is 12.8. The molecule has 2 heterocycles. The van der Waals surface area contributed by atoms with Gasteiger partial charge in [0.25, 0.3) is 0 Å². The van der Waals surface area contributed by atoms with Crippen LogP contribution >= 0.6 is 31.9 Å². The Morgan fingerprint density at radius 2 is 1.36 bits per heavy atom. The van der Waals surface area contributed by atoms with Gasteiger partial charge in [0.1, 0.15) is 0 Å². The van der Waals surface area contributed by atoms with Gasteiger partial charge in [-0.2, -0.15) is 0 Å². The summed E-state index contributed by atoms with van der Waals surface area (Å²) in [6.45, 7) is 2.55. The number of rotatable bonds is 1. The summed E-state index contributed by atoms with van der Waals surface area (Å²) in [6, 6.07) is 45.8. The molecule has 0 saturated carbocycles. The van der Waals surface area contributed by atoms with Gasteiger partial charge in [-0.1, -0.05) is 148 Å². The van der Waals surface area contributed by atoms with Crippen molar-refractivity contribution in [2.45, 2.75) is 18.3 Å². The van der Waals surface area contributed by atoms with Crippen molar-refractivity contribution in [2.75, 3.05) is 5.33 Å². The topological polar surface area (TPSA) is 4.93 Å². The molecule has 0 radical (unpaired) electrons. The zero-order chi connectivity index (χ0) is 29.4. The first-order valence-electron chi connectivity index (χ1n) is 15.3. The lowest BCUT2D eigenvalue weighted by molar-refractivity contribution is 0.283. The van der Waals surface area contributed by atoms with E-state index in [2.05, 4.69) is 171 Å². The van der Waals surface area contributed by atoms with E-state index in [1.54, 1.807) is 0 Å². The number of fused-ring (bicyclic) bond motifs is 16. The van der Waals surface area contributed by atoms with E-state index in [1.165, 1.54) is 77.2 Å². The van der Waals surface area contributed by atoms with Crippen LogP contribution in [0.15, 0.2) is 132 Å². The molecule has 0 amide bonds. The second kappa shape index (κ2) is 8.62. The molecule has 7 aromatic rings. The van der Waals surface area contributed by atoms with Gasteiger partial charge in [-0.05, 0) is 67.9 Å². The predicted octanol–water partition coefficient (Wildman–Crippen LogP) is 11.3.